The summed E-state index contributed by atoms with van der Waals surface area (Å²) in [5.41, 5.74) is 2.15. The van der Waals surface area contributed by atoms with Gasteiger partial charge in [-0.05, 0) is 41.1 Å². The van der Waals surface area contributed by atoms with Crippen molar-refractivity contribution in [2.24, 2.45) is 0 Å². The minimum absolute atomic E-state index is 0.270. The third-order valence-electron chi connectivity index (χ3n) is 2.01. The molecule has 15 heavy (non-hydrogen) atoms. The fraction of sp³-hybridized carbons (Fsp3) is 0.200. The molecule has 78 valence electrons. The zero-order valence-corrected chi connectivity index (χ0v) is 10.9. The number of nitrogens with zero attached hydrogens (tertiary/aromatic N) is 2. The first-order chi connectivity index (χ1) is 7.22. The molecular weight excluding hydrogens is 326 g/mol. The van der Waals surface area contributed by atoms with Crippen LogP contribution in [0.4, 0.5) is 0 Å². The summed E-state index contributed by atoms with van der Waals surface area (Å²) in [5, 5.41) is 3.76. The Morgan fingerprint density at radius 3 is 2.93 bits per heavy atom. The monoisotopic (exact) mass is 334 g/mol. The summed E-state index contributed by atoms with van der Waals surface area (Å²) in [7, 11) is 0. The first-order valence-corrected chi connectivity index (χ1v) is 5.97. The number of alkyl halides is 1. The molecule has 0 radical (unpaired) electrons. The average molecular weight is 335 g/mol. The van der Waals surface area contributed by atoms with Gasteiger partial charge in [-0.15, -0.1) is 11.6 Å². The highest BCUT2D eigenvalue weighted by atomic mass is 127. The van der Waals surface area contributed by atoms with Crippen LogP contribution in [0.15, 0.2) is 22.7 Å². The molecule has 1 aromatic carbocycles. The van der Waals surface area contributed by atoms with Gasteiger partial charge in [-0.3, -0.25) is 0 Å². The zero-order valence-electron chi connectivity index (χ0n) is 8.00. The molecule has 0 aliphatic carbocycles. The van der Waals surface area contributed by atoms with Crippen LogP contribution < -0.4 is 0 Å². The van der Waals surface area contributed by atoms with E-state index in [9.17, 15) is 0 Å². The van der Waals surface area contributed by atoms with E-state index in [2.05, 4.69) is 32.7 Å². The highest BCUT2D eigenvalue weighted by Crippen LogP contribution is 2.26. The van der Waals surface area contributed by atoms with Crippen molar-refractivity contribution >= 4 is 34.2 Å². The smallest absolute Gasteiger partial charge is 0.259 e. The fourth-order valence-electron chi connectivity index (χ4n) is 1.23. The van der Waals surface area contributed by atoms with Crippen LogP contribution in [0.25, 0.3) is 11.5 Å². The molecule has 0 N–H and O–H groups in total. The standard InChI is InChI=1S/C10H8ClIN2O/c1-6-3-2-4-7(9(6)12)10-13-8(5-11)14-15-10/h2-4H,5H2,1H3. The molecular formula is C10H8ClIN2O. The minimum atomic E-state index is 0.270. The second-order valence-corrected chi connectivity index (χ2v) is 4.43. The van der Waals surface area contributed by atoms with Crippen LogP contribution >= 0.6 is 34.2 Å². The molecule has 0 spiro atoms. The largest absolute Gasteiger partial charge is 0.334 e. The highest BCUT2D eigenvalue weighted by molar-refractivity contribution is 14.1. The van der Waals surface area contributed by atoms with Crippen LogP contribution in [0.5, 0.6) is 0 Å². The lowest BCUT2D eigenvalue weighted by Crippen LogP contribution is -1.87. The van der Waals surface area contributed by atoms with Gasteiger partial charge >= 0.3 is 0 Å². The Hall–Kier alpha value is -0.620. The Bertz CT molecular complexity index is 484. The maximum Gasteiger partial charge on any atom is 0.259 e. The second kappa shape index (κ2) is 4.49. The van der Waals surface area contributed by atoms with Gasteiger partial charge in [0.25, 0.3) is 5.89 Å². The Morgan fingerprint density at radius 2 is 2.27 bits per heavy atom. The molecule has 0 saturated carbocycles. The van der Waals surface area contributed by atoms with Crippen LogP contribution in [-0.4, -0.2) is 10.1 Å². The van der Waals surface area contributed by atoms with Gasteiger partial charge in [0.05, 0.1) is 11.4 Å². The van der Waals surface area contributed by atoms with Crippen molar-refractivity contribution in [3.8, 4) is 11.5 Å². The number of aryl methyl sites for hydroxylation is 1. The average Bonchev–Trinajstić information content (AvgIpc) is 2.70. The van der Waals surface area contributed by atoms with Gasteiger partial charge in [-0.2, -0.15) is 4.98 Å². The lowest BCUT2D eigenvalue weighted by atomic mass is 10.1. The van der Waals surface area contributed by atoms with Crippen molar-refractivity contribution < 1.29 is 4.52 Å². The number of hydrogen-bond acceptors (Lipinski definition) is 3. The molecule has 0 saturated heterocycles. The van der Waals surface area contributed by atoms with E-state index >= 15 is 0 Å². The third-order valence-corrected chi connectivity index (χ3v) is 3.68. The van der Waals surface area contributed by atoms with Gasteiger partial charge in [-0.25, -0.2) is 0 Å². The lowest BCUT2D eigenvalue weighted by Gasteiger charge is -2.01. The topological polar surface area (TPSA) is 38.9 Å². The Balaban J connectivity index is 2.49. The van der Waals surface area contributed by atoms with E-state index in [4.69, 9.17) is 16.1 Å². The molecule has 0 atom stereocenters. The SMILES string of the molecule is Cc1cccc(-c2nc(CCl)no2)c1I. The third kappa shape index (κ3) is 2.15. The summed E-state index contributed by atoms with van der Waals surface area (Å²) in [6.45, 7) is 2.05. The number of halogens is 2. The Labute approximate surface area is 106 Å². The molecule has 5 heteroatoms. The predicted octanol–water partition coefficient (Wildman–Crippen LogP) is 3.39. The van der Waals surface area contributed by atoms with Crippen LogP contribution in [-0.2, 0) is 5.88 Å². The maximum atomic E-state index is 5.61. The Kier molecular flexibility index (Phi) is 3.25. The maximum absolute atomic E-state index is 5.61. The molecule has 1 heterocycles. The number of hydrogen-bond donors (Lipinski definition) is 0. The van der Waals surface area contributed by atoms with E-state index in [1.54, 1.807) is 0 Å². The van der Waals surface area contributed by atoms with E-state index < -0.39 is 0 Å². The quantitative estimate of drug-likeness (QED) is 0.624. The molecule has 0 bridgehead atoms. The van der Waals surface area contributed by atoms with Gasteiger partial charge in [0.2, 0.25) is 0 Å². The first kappa shape index (κ1) is 10.9. The van der Waals surface area contributed by atoms with Gasteiger partial charge in [0.15, 0.2) is 5.82 Å². The van der Waals surface area contributed by atoms with Crippen LogP contribution in [0.1, 0.15) is 11.4 Å². The molecule has 2 aromatic rings. The van der Waals surface area contributed by atoms with Crippen molar-refractivity contribution in [3.63, 3.8) is 0 Å². The minimum Gasteiger partial charge on any atom is -0.334 e. The first-order valence-electron chi connectivity index (χ1n) is 4.36. The highest BCUT2D eigenvalue weighted by Gasteiger charge is 2.12. The van der Waals surface area contributed by atoms with Crippen molar-refractivity contribution in [1.29, 1.82) is 0 Å². The van der Waals surface area contributed by atoms with E-state index in [1.165, 1.54) is 5.56 Å². The molecule has 0 fully saturated rings. The molecule has 0 aliphatic rings. The molecule has 0 aliphatic heterocycles. The normalized spacial score (nSPS) is 10.6. The van der Waals surface area contributed by atoms with Crippen molar-refractivity contribution in [1.82, 2.24) is 10.1 Å². The van der Waals surface area contributed by atoms with Gasteiger partial charge in [0, 0.05) is 3.57 Å². The van der Waals surface area contributed by atoms with Crippen LogP contribution in [0, 0.1) is 10.5 Å². The fourth-order valence-corrected chi connectivity index (χ4v) is 1.93. The predicted molar refractivity (Wildman–Crippen MR) is 66.7 cm³/mol. The van der Waals surface area contributed by atoms with Crippen LogP contribution in [0.3, 0.4) is 0 Å². The summed E-state index contributed by atoms with van der Waals surface area (Å²) >= 11 is 7.88. The summed E-state index contributed by atoms with van der Waals surface area (Å²) < 4.78 is 6.25. The number of aromatic nitrogens is 2. The van der Waals surface area contributed by atoms with Crippen molar-refractivity contribution in [3.05, 3.63) is 33.2 Å². The molecule has 0 unspecified atom stereocenters. The van der Waals surface area contributed by atoms with Gasteiger partial charge in [0.1, 0.15) is 0 Å². The molecule has 0 amide bonds. The van der Waals surface area contributed by atoms with E-state index in [-0.39, 0.29) is 5.88 Å². The lowest BCUT2D eigenvalue weighted by molar-refractivity contribution is 0.424. The molecule has 1 aromatic heterocycles. The molecule has 2 rings (SSSR count). The summed E-state index contributed by atoms with van der Waals surface area (Å²) in [6, 6.07) is 5.97. The summed E-state index contributed by atoms with van der Waals surface area (Å²) in [5.74, 6) is 1.31. The van der Waals surface area contributed by atoms with Crippen LogP contribution in [0.2, 0.25) is 0 Å². The summed E-state index contributed by atoms with van der Waals surface area (Å²) in [6.07, 6.45) is 0. The van der Waals surface area contributed by atoms with E-state index in [0.717, 1.165) is 9.13 Å². The van der Waals surface area contributed by atoms with E-state index in [0.29, 0.717) is 11.7 Å². The number of benzene rings is 1. The number of rotatable bonds is 2. The van der Waals surface area contributed by atoms with Gasteiger partial charge < -0.3 is 4.52 Å². The zero-order chi connectivity index (χ0) is 10.8. The van der Waals surface area contributed by atoms with E-state index in [1.807, 2.05) is 25.1 Å². The van der Waals surface area contributed by atoms with Crippen molar-refractivity contribution in [2.75, 3.05) is 0 Å². The van der Waals surface area contributed by atoms with Gasteiger partial charge in [-0.1, -0.05) is 17.3 Å². The Morgan fingerprint density at radius 1 is 1.47 bits per heavy atom. The summed E-state index contributed by atoms with van der Waals surface area (Å²) in [4.78, 5) is 4.19. The van der Waals surface area contributed by atoms with Crippen molar-refractivity contribution in [2.45, 2.75) is 12.8 Å². The molecule has 3 nitrogen and oxygen atoms in total. The second-order valence-electron chi connectivity index (χ2n) is 3.09.